The number of thiazole rings is 1. The van der Waals surface area contributed by atoms with Gasteiger partial charge < -0.3 is 5.73 Å². The van der Waals surface area contributed by atoms with Crippen LogP contribution in [0.5, 0.6) is 0 Å². The van der Waals surface area contributed by atoms with E-state index in [9.17, 15) is 0 Å². The van der Waals surface area contributed by atoms with Crippen molar-refractivity contribution in [3.8, 4) is 21.8 Å². The molecule has 1 aromatic heterocycles. The summed E-state index contributed by atoms with van der Waals surface area (Å²) >= 11 is 1.67. The van der Waals surface area contributed by atoms with E-state index >= 15 is 0 Å². The minimum atomic E-state index is 0.577. The molecule has 3 aromatic rings. The molecule has 0 amide bonds. The number of rotatable bonds is 3. The van der Waals surface area contributed by atoms with Crippen molar-refractivity contribution in [3.63, 3.8) is 0 Å². The van der Waals surface area contributed by atoms with Gasteiger partial charge in [-0.1, -0.05) is 54.6 Å². The zero-order valence-electron chi connectivity index (χ0n) is 10.4. The highest BCUT2D eigenvalue weighted by Gasteiger charge is 2.06. The lowest BCUT2D eigenvalue weighted by Crippen LogP contribution is -1.95. The van der Waals surface area contributed by atoms with Gasteiger partial charge >= 0.3 is 0 Å². The van der Waals surface area contributed by atoms with Crippen molar-refractivity contribution in [2.24, 2.45) is 5.73 Å². The molecular formula is C16H14N2S. The van der Waals surface area contributed by atoms with E-state index in [4.69, 9.17) is 10.7 Å². The van der Waals surface area contributed by atoms with Crippen LogP contribution in [-0.4, -0.2) is 4.98 Å². The summed E-state index contributed by atoms with van der Waals surface area (Å²) < 4.78 is 0. The van der Waals surface area contributed by atoms with Crippen LogP contribution in [0.2, 0.25) is 0 Å². The Kier molecular flexibility index (Phi) is 3.40. The molecule has 0 aliphatic rings. The molecule has 94 valence electrons. The molecule has 3 heteroatoms. The van der Waals surface area contributed by atoms with Gasteiger partial charge in [0.05, 0.1) is 5.69 Å². The molecule has 0 radical (unpaired) electrons. The topological polar surface area (TPSA) is 38.9 Å². The molecule has 0 aliphatic carbocycles. The molecule has 0 atom stereocenters. The summed E-state index contributed by atoms with van der Waals surface area (Å²) in [4.78, 5) is 4.69. The van der Waals surface area contributed by atoms with Gasteiger partial charge in [0.2, 0.25) is 0 Å². The fourth-order valence-corrected chi connectivity index (χ4v) is 2.77. The Bertz CT molecular complexity index is 657. The van der Waals surface area contributed by atoms with Gasteiger partial charge in [0, 0.05) is 23.1 Å². The van der Waals surface area contributed by atoms with Crippen LogP contribution in [0.1, 0.15) is 5.56 Å². The third-order valence-electron chi connectivity index (χ3n) is 3.01. The van der Waals surface area contributed by atoms with Gasteiger partial charge in [-0.3, -0.25) is 0 Å². The lowest BCUT2D eigenvalue weighted by molar-refractivity contribution is 1.07. The van der Waals surface area contributed by atoms with Crippen LogP contribution in [0.4, 0.5) is 0 Å². The monoisotopic (exact) mass is 266 g/mol. The second-order valence-electron chi connectivity index (χ2n) is 4.30. The molecule has 0 saturated heterocycles. The molecule has 0 bridgehead atoms. The Labute approximate surface area is 116 Å². The SMILES string of the molecule is NCc1ccc(-c2nc(-c3ccccc3)cs2)cc1. The highest BCUT2D eigenvalue weighted by atomic mass is 32.1. The molecule has 19 heavy (non-hydrogen) atoms. The number of aromatic nitrogens is 1. The third kappa shape index (κ3) is 2.57. The van der Waals surface area contributed by atoms with Gasteiger partial charge in [-0.25, -0.2) is 4.98 Å². The molecule has 2 aromatic carbocycles. The first-order valence-electron chi connectivity index (χ1n) is 6.17. The van der Waals surface area contributed by atoms with Crippen molar-refractivity contribution in [1.29, 1.82) is 0 Å². The first kappa shape index (κ1) is 12.1. The number of benzene rings is 2. The second kappa shape index (κ2) is 5.34. The molecule has 0 unspecified atom stereocenters. The van der Waals surface area contributed by atoms with E-state index in [0.717, 1.165) is 27.4 Å². The molecule has 0 saturated carbocycles. The minimum absolute atomic E-state index is 0.577. The Balaban J connectivity index is 1.92. The summed E-state index contributed by atoms with van der Waals surface area (Å²) in [7, 11) is 0. The predicted molar refractivity (Wildman–Crippen MR) is 80.9 cm³/mol. The van der Waals surface area contributed by atoms with E-state index in [0.29, 0.717) is 6.54 Å². The van der Waals surface area contributed by atoms with Gasteiger partial charge in [0.1, 0.15) is 5.01 Å². The maximum absolute atomic E-state index is 5.61. The smallest absolute Gasteiger partial charge is 0.124 e. The van der Waals surface area contributed by atoms with Gasteiger partial charge in [-0.2, -0.15) is 0 Å². The molecule has 0 fully saturated rings. The summed E-state index contributed by atoms with van der Waals surface area (Å²) in [6.45, 7) is 0.577. The Morgan fingerprint density at radius 1 is 0.895 bits per heavy atom. The molecule has 2 nitrogen and oxygen atoms in total. The average Bonchev–Trinajstić information content (AvgIpc) is 2.98. The van der Waals surface area contributed by atoms with E-state index in [-0.39, 0.29) is 0 Å². The molecule has 3 rings (SSSR count). The number of hydrogen-bond donors (Lipinski definition) is 1. The van der Waals surface area contributed by atoms with Crippen molar-refractivity contribution in [1.82, 2.24) is 4.98 Å². The highest BCUT2D eigenvalue weighted by Crippen LogP contribution is 2.28. The van der Waals surface area contributed by atoms with Crippen LogP contribution in [0.3, 0.4) is 0 Å². The van der Waals surface area contributed by atoms with Gasteiger partial charge in [0.15, 0.2) is 0 Å². The largest absolute Gasteiger partial charge is 0.326 e. The molecule has 2 N–H and O–H groups in total. The lowest BCUT2D eigenvalue weighted by atomic mass is 10.1. The van der Waals surface area contributed by atoms with Crippen LogP contribution in [-0.2, 0) is 6.54 Å². The number of nitrogens with two attached hydrogens (primary N) is 1. The van der Waals surface area contributed by atoms with Crippen LogP contribution >= 0.6 is 11.3 Å². The molecule has 1 heterocycles. The Hall–Kier alpha value is -1.97. The standard InChI is InChI=1S/C16H14N2S/c17-10-12-6-8-14(9-7-12)16-18-15(11-19-16)13-4-2-1-3-5-13/h1-9,11H,10,17H2. The summed E-state index contributed by atoms with van der Waals surface area (Å²) in [6.07, 6.45) is 0. The van der Waals surface area contributed by atoms with Gasteiger partial charge in [0.25, 0.3) is 0 Å². The van der Waals surface area contributed by atoms with Crippen LogP contribution in [0.25, 0.3) is 21.8 Å². The van der Waals surface area contributed by atoms with E-state index in [2.05, 4.69) is 41.8 Å². The summed E-state index contributed by atoms with van der Waals surface area (Å²) in [5, 5.41) is 3.14. The first-order valence-corrected chi connectivity index (χ1v) is 7.05. The third-order valence-corrected chi connectivity index (χ3v) is 3.90. The predicted octanol–water partition coefficient (Wildman–Crippen LogP) is 3.94. The molecular weight excluding hydrogens is 252 g/mol. The van der Waals surface area contributed by atoms with E-state index in [1.54, 1.807) is 11.3 Å². The Morgan fingerprint density at radius 3 is 2.32 bits per heavy atom. The highest BCUT2D eigenvalue weighted by molar-refractivity contribution is 7.13. The summed E-state index contributed by atoms with van der Waals surface area (Å²) in [5.74, 6) is 0. The quantitative estimate of drug-likeness (QED) is 0.780. The fraction of sp³-hybridized carbons (Fsp3) is 0.0625. The number of nitrogens with zero attached hydrogens (tertiary/aromatic N) is 1. The second-order valence-corrected chi connectivity index (χ2v) is 5.16. The molecule has 0 aliphatic heterocycles. The maximum Gasteiger partial charge on any atom is 0.124 e. The van der Waals surface area contributed by atoms with Crippen molar-refractivity contribution < 1.29 is 0 Å². The van der Waals surface area contributed by atoms with Crippen molar-refractivity contribution in [3.05, 3.63) is 65.5 Å². The zero-order chi connectivity index (χ0) is 13.1. The van der Waals surface area contributed by atoms with Crippen molar-refractivity contribution in [2.45, 2.75) is 6.54 Å². The summed E-state index contributed by atoms with van der Waals surface area (Å²) in [5.41, 5.74) is 10.1. The average molecular weight is 266 g/mol. The lowest BCUT2D eigenvalue weighted by Gasteiger charge is -1.99. The van der Waals surface area contributed by atoms with Gasteiger partial charge in [-0.05, 0) is 5.56 Å². The van der Waals surface area contributed by atoms with Crippen LogP contribution < -0.4 is 5.73 Å². The van der Waals surface area contributed by atoms with Crippen LogP contribution in [0, 0.1) is 0 Å². The van der Waals surface area contributed by atoms with E-state index in [1.807, 2.05) is 18.2 Å². The minimum Gasteiger partial charge on any atom is -0.326 e. The Morgan fingerprint density at radius 2 is 1.63 bits per heavy atom. The summed E-state index contributed by atoms with van der Waals surface area (Å²) in [6, 6.07) is 18.5. The van der Waals surface area contributed by atoms with E-state index in [1.165, 1.54) is 0 Å². The maximum atomic E-state index is 5.61. The fourth-order valence-electron chi connectivity index (χ4n) is 1.93. The number of hydrogen-bond acceptors (Lipinski definition) is 3. The first-order chi connectivity index (χ1) is 9.36. The normalized spacial score (nSPS) is 10.6. The van der Waals surface area contributed by atoms with Crippen LogP contribution in [0.15, 0.2) is 60.0 Å². The van der Waals surface area contributed by atoms with E-state index < -0.39 is 0 Å². The zero-order valence-corrected chi connectivity index (χ0v) is 11.2. The van der Waals surface area contributed by atoms with Crippen molar-refractivity contribution in [2.75, 3.05) is 0 Å². The van der Waals surface area contributed by atoms with Crippen molar-refractivity contribution >= 4 is 11.3 Å². The molecule has 0 spiro atoms. The van der Waals surface area contributed by atoms with Gasteiger partial charge in [-0.15, -0.1) is 11.3 Å².